The second-order valence-electron chi connectivity index (χ2n) is 5.39. The molecule has 1 fully saturated rings. The fraction of sp³-hybridized carbons (Fsp3) is 0.375. The quantitative estimate of drug-likeness (QED) is 0.778. The first-order chi connectivity index (χ1) is 11.4. The third-order valence-electron chi connectivity index (χ3n) is 3.55. The van der Waals surface area contributed by atoms with Crippen LogP contribution in [-0.4, -0.2) is 44.8 Å². The summed E-state index contributed by atoms with van der Waals surface area (Å²) in [5.41, 5.74) is 0.927. The summed E-state index contributed by atoms with van der Waals surface area (Å²) < 4.78 is 0. The summed E-state index contributed by atoms with van der Waals surface area (Å²) in [6, 6.07) is 5.53. The molecule has 1 aromatic rings. The zero-order valence-electron chi connectivity index (χ0n) is 13.2. The van der Waals surface area contributed by atoms with Gasteiger partial charge >= 0.3 is 5.97 Å². The van der Waals surface area contributed by atoms with Crippen LogP contribution in [0, 0.1) is 0 Å². The smallest absolute Gasteiger partial charge is 0.326 e. The molecule has 24 heavy (non-hydrogen) atoms. The van der Waals surface area contributed by atoms with E-state index in [9.17, 15) is 19.2 Å². The molecular formula is C16H18N2O5S. The Morgan fingerprint density at radius 3 is 2.71 bits per heavy atom. The molecule has 2 N–H and O–H groups in total. The normalized spacial score (nSPS) is 15.5. The maximum absolute atomic E-state index is 12.2. The summed E-state index contributed by atoms with van der Waals surface area (Å²) in [6.45, 7) is 1.94. The Kier molecular flexibility index (Phi) is 5.97. The van der Waals surface area contributed by atoms with Crippen molar-refractivity contribution < 1.29 is 24.3 Å². The molecule has 128 valence electrons. The Morgan fingerprint density at radius 2 is 2.12 bits per heavy atom. The Bertz CT molecular complexity index is 660. The van der Waals surface area contributed by atoms with Crippen LogP contribution in [0.3, 0.4) is 0 Å². The first kappa shape index (κ1) is 18.0. The summed E-state index contributed by atoms with van der Waals surface area (Å²) in [5, 5.41) is 11.3. The fourth-order valence-corrected chi connectivity index (χ4v) is 3.04. The topological polar surface area (TPSA) is 104 Å². The van der Waals surface area contributed by atoms with Gasteiger partial charge in [0.1, 0.15) is 6.04 Å². The van der Waals surface area contributed by atoms with Crippen molar-refractivity contribution >= 4 is 34.8 Å². The third kappa shape index (κ3) is 4.35. The number of rotatable bonds is 7. The van der Waals surface area contributed by atoms with Gasteiger partial charge in [-0.15, -0.1) is 0 Å². The lowest BCUT2D eigenvalue weighted by atomic mass is 10.1. The Balaban J connectivity index is 2.09. The Labute approximate surface area is 143 Å². The lowest BCUT2D eigenvalue weighted by Gasteiger charge is -2.15. The highest BCUT2D eigenvalue weighted by Gasteiger charge is 2.29. The average molecular weight is 350 g/mol. The molecule has 0 aromatic heterocycles. The standard InChI is InChI=1S/C16H18N2O5S/c1-2-4-12(15(21)22)17-14(20)11-6-3-5-10(7-11)8-18-13(19)9-24-16(18)23/h3,5-7,12H,2,4,8-9H2,1H3,(H,17,20)(H,21,22). The zero-order chi connectivity index (χ0) is 17.7. The van der Waals surface area contributed by atoms with Crippen LogP contribution in [0.1, 0.15) is 35.7 Å². The molecule has 1 heterocycles. The van der Waals surface area contributed by atoms with Crippen LogP contribution in [0.5, 0.6) is 0 Å². The molecule has 1 unspecified atom stereocenters. The molecule has 0 saturated carbocycles. The van der Waals surface area contributed by atoms with Crippen molar-refractivity contribution in [3.63, 3.8) is 0 Å². The number of aliphatic carboxylic acids is 1. The molecule has 0 radical (unpaired) electrons. The van der Waals surface area contributed by atoms with Crippen LogP contribution in [0.4, 0.5) is 4.79 Å². The summed E-state index contributed by atoms with van der Waals surface area (Å²) in [6.07, 6.45) is 0.975. The first-order valence-corrected chi connectivity index (χ1v) is 8.50. The molecule has 0 bridgehead atoms. The second-order valence-corrected chi connectivity index (χ2v) is 6.31. The third-order valence-corrected chi connectivity index (χ3v) is 4.41. The zero-order valence-corrected chi connectivity index (χ0v) is 14.0. The number of hydrogen-bond donors (Lipinski definition) is 2. The predicted molar refractivity (Wildman–Crippen MR) is 88.6 cm³/mol. The molecule has 1 saturated heterocycles. The van der Waals surface area contributed by atoms with Crippen LogP contribution in [-0.2, 0) is 16.1 Å². The van der Waals surface area contributed by atoms with E-state index in [4.69, 9.17) is 5.11 Å². The minimum Gasteiger partial charge on any atom is -0.480 e. The number of carbonyl (C=O) groups excluding carboxylic acids is 3. The second kappa shape index (κ2) is 7.96. The predicted octanol–water partition coefficient (Wildman–Crippen LogP) is 1.87. The summed E-state index contributed by atoms with van der Waals surface area (Å²) >= 11 is 0.953. The van der Waals surface area contributed by atoms with Crippen molar-refractivity contribution in [3.05, 3.63) is 35.4 Å². The van der Waals surface area contributed by atoms with Gasteiger partial charge in [0.05, 0.1) is 12.3 Å². The number of amides is 3. The van der Waals surface area contributed by atoms with Crippen LogP contribution >= 0.6 is 11.8 Å². The van der Waals surface area contributed by atoms with Gasteiger partial charge in [0.15, 0.2) is 0 Å². The van der Waals surface area contributed by atoms with Gasteiger partial charge in [0, 0.05) is 5.56 Å². The van der Waals surface area contributed by atoms with Crippen LogP contribution in [0.25, 0.3) is 0 Å². The van der Waals surface area contributed by atoms with E-state index in [1.54, 1.807) is 24.3 Å². The molecule has 3 amide bonds. The molecule has 7 nitrogen and oxygen atoms in total. The van der Waals surface area contributed by atoms with Crippen molar-refractivity contribution in [2.45, 2.75) is 32.4 Å². The van der Waals surface area contributed by atoms with Crippen molar-refractivity contribution in [1.82, 2.24) is 10.2 Å². The van der Waals surface area contributed by atoms with E-state index in [1.165, 1.54) is 0 Å². The van der Waals surface area contributed by atoms with Gasteiger partial charge in [-0.1, -0.05) is 37.2 Å². The Hall–Kier alpha value is -2.35. The maximum atomic E-state index is 12.2. The van der Waals surface area contributed by atoms with Crippen LogP contribution in [0.2, 0.25) is 0 Å². The van der Waals surface area contributed by atoms with Gasteiger partial charge < -0.3 is 10.4 Å². The summed E-state index contributed by atoms with van der Waals surface area (Å²) in [4.78, 5) is 47.8. The number of carbonyl (C=O) groups is 4. The van der Waals surface area contributed by atoms with E-state index in [2.05, 4.69) is 5.32 Å². The maximum Gasteiger partial charge on any atom is 0.326 e. The van der Waals surface area contributed by atoms with Crippen molar-refractivity contribution in [1.29, 1.82) is 0 Å². The fourth-order valence-electron chi connectivity index (χ4n) is 2.31. The lowest BCUT2D eigenvalue weighted by Crippen LogP contribution is -2.40. The molecule has 1 atom stereocenters. The molecule has 1 aromatic carbocycles. The highest BCUT2D eigenvalue weighted by Crippen LogP contribution is 2.21. The highest BCUT2D eigenvalue weighted by molar-refractivity contribution is 8.14. The summed E-state index contributed by atoms with van der Waals surface area (Å²) in [7, 11) is 0. The lowest BCUT2D eigenvalue weighted by molar-refractivity contribution is -0.139. The number of carboxylic acid groups (broad SMARTS) is 1. The van der Waals surface area contributed by atoms with Crippen molar-refractivity contribution in [3.8, 4) is 0 Å². The van der Waals surface area contributed by atoms with Crippen molar-refractivity contribution in [2.75, 3.05) is 5.75 Å². The minimum atomic E-state index is -1.08. The monoisotopic (exact) mass is 350 g/mol. The Morgan fingerprint density at radius 1 is 1.38 bits per heavy atom. The summed E-state index contributed by atoms with van der Waals surface area (Å²) in [5.74, 6) is -1.69. The molecule has 0 aliphatic carbocycles. The van der Waals surface area contributed by atoms with Gasteiger partial charge in [0.2, 0.25) is 5.91 Å². The van der Waals surface area contributed by atoms with Gasteiger partial charge in [-0.05, 0) is 24.1 Å². The van der Waals surface area contributed by atoms with E-state index in [0.29, 0.717) is 24.0 Å². The molecule has 0 spiro atoms. The largest absolute Gasteiger partial charge is 0.480 e. The number of imide groups is 1. The van der Waals surface area contributed by atoms with Gasteiger partial charge in [-0.2, -0.15) is 0 Å². The highest BCUT2D eigenvalue weighted by atomic mass is 32.2. The van der Waals surface area contributed by atoms with E-state index >= 15 is 0 Å². The first-order valence-electron chi connectivity index (χ1n) is 7.52. The van der Waals surface area contributed by atoms with E-state index in [0.717, 1.165) is 16.7 Å². The van der Waals surface area contributed by atoms with E-state index in [1.807, 2.05) is 6.92 Å². The number of nitrogens with zero attached hydrogens (tertiary/aromatic N) is 1. The van der Waals surface area contributed by atoms with E-state index in [-0.39, 0.29) is 23.4 Å². The number of carboxylic acids is 1. The molecule has 1 aliphatic rings. The van der Waals surface area contributed by atoms with Crippen molar-refractivity contribution in [2.24, 2.45) is 0 Å². The van der Waals surface area contributed by atoms with E-state index < -0.39 is 17.9 Å². The molecule has 8 heteroatoms. The molecule has 1 aliphatic heterocycles. The number of hydrogen-bond acceptors (Lipinski definition) is 5. The number of nitrogens with one attached hydrogen (secondary N) is 1. The van der Waals surface area contributed by atoms with Gasteiger partial charge in [-0.25, -0.2) is 4.79 Å². The number of thioether (sulfide) groups is 1. The average Bonchev–Trinajstić information content (AvgIpc) is 2.86. The van der Waals surface area contributed by atoms with Gasteiger partial charge in [0.25, 0.3) is 11.1 Å². The van der Waals surface area contributed by atoms with Crippen LogP contribution < -0.4 is 5.32 Å². The minimum absolute atomic E-state index is 0.100. The molecular weight excluding hydrogens is 332 g/mol. The SMILES string of the molecule is CCCC(NC(=O)c1cccc(CN2C(=O)CSC2=O)c1)C(=O)O. The number of benzene rings is 1. The van der Waals surface area contributed by atoms with Crippen LogP contribution in [0.15, 0.2) is 24.3 Å². The molecule has 2 rings (SSSR count). The van der Waals surface area contributed by atoms with Gasteiger partial charge in [-0.3, -0.25) is 19.3 Å².